The molecule has 0 fully saturated rings. The van der Waals surface area contributed by atoms with Gasteiger partial charge in [-0.15, -0.1) is 11.3 Å². The zero-order valence-corrected chi connectivity index (χ0v) is 14.1. The van der Waals surface area contributed by atoms with Crippen LogP contribution in [0.1, 0.15) is 24.3 Å². The smallest absolute Gasteiger partial charge is 0.236 e. The maximum Gasteiger partial charge on any atom is 0.236 e. The fraction of sp³-hybridized carbons (Fsp3) is 0.615. The van der Waals surface area contributed by atoms with Gasteiger partial charge in [0.05, 0.1) is 16.4 Å². The molecule has 1 amide bonds. The molecule has 108 valence electrons. The Morgan fingerprint density at radius 2 is 2.16 bits per heavy atom. The van der Waals surface area contributed by atoms with Gasteiger partial charge in [-0.05, 0) is 41.0 Å². The molecule has 1 rings (SSSR count). The molecule has 2 N–H and O–H groups in total. The molecule has 1 aromatic heterocycles. The first-order valence-corrected chi connectivity index (χ1v) is 8.00. The molecule has 1 aromatic rings. The fourth-order valence-electron chi connectivity index (χ4n) is 1.90. The van der Waals surface area contributed by atoms with Gasteiger partial charge in [-0.2, -0.15) is 0 Å². The lowest BCUT2D eigenvalue weighted by atomic mass is 10.2. The lowest BCUT2D eigenvalue weighted by Crippen LogP contribution is -2.41. The Morgan fingerprint density at radius 1 is 1.47 bits per heavy atom. The Morgan fingerprint density at radius 3 is 2.58 bits per heavy atom. The van der Waals surface area contributed by atoms with E-state index < -0.39 is 0 Å². The SMILES string of the molecule is CCCN(CC(=O)N(C)C)C(CN)c1ccc(Br)s1. The minimum atomic E-state index is 0.111. The van der Waals surface area contributed by atoms with Crippen molar-refractivity contribution in [2.45, 2.75) is 19.4 Å². The van der Waals surface area contributed by atoms with E-state index in [1.165, 1.54) is 4.88 Å². The number of nitrogens with two attached hydrogens (primary N) is 1. The zero-order valence-electron chi connectivity index (χ0n) is 11.7. The summed E-state index contributed by atoms with van der Waals surface area (Å²) < 4.78 is 1.09. The van der Waals surface area contributed by atoms with Crippen LogP contribution in [0.15, 0.2) is 15.9 Å². The summed E-state index contributed by atoms with van der Waals surface area (Å²) in [5, 5.41) is 0. The van der Waals surface area contributed by atoms with Crippen molar-refractivity contribution in [2.24, 2.45) is 5.73 Å². The average Bonchev–Trinajstić information content (AvgIpc) is 2.76. The molecule has 0 bridgehead atoms. The van der Waals surface area contributed by atoms with E-state index in [4.69, 9.17) is 5.73 Å². The minimum Gasteiger partial charge on any atom is -0.348 e. The second kappa shape index (κ2) is 7.99. The van der Waals surface area contributed by atoms with E-state index in [2.05, 4.69) is 33.8 Å². The standard InChI is InChI=1S/C13H22BrN3OS/c1-4-7-17(9-13(18)16(2)3)10(8-15)11-5-6-12(14)19-11/h5-6,10H,4,7-9,15H2,1-3H3. The minimum absolute atomic E-state index is 0.111. The summed E-state index contributed by atoms with van der Waals surface area (Å²) in [6, 6.07) is 4.22. The van der Waals surface area contributed by atoms with Gasteiger partial charge in [0.2, 0.25) is 5.91 Å². The highest BCUT2D eigenvalue weighted by atomic mass is 79.9. The van der Waals surface area contributed by atoms with Crippen molar-refractivity contribution >= 4 is 33.2 Å². The molecular weight excluding hydrogens is 326 g/mol. The first-order chi connectivity index (χ1) is 8.99. The Bertz CT molecular complexity index is 408. The molecule has 1 unspecified atom stereocenters. The van der Waals surface area contributed by atoms with Gasteiger partial charge in [0.25, 0.3) is 0 Å². The van der Waals surface area contributed by atoms with E-state index in [9.17, 15) is 4.79 Å². The summed E-state index contributed by atoms with van der Waals surface area (Å²) in [6.45, 7) is 3.92. The third-order valence-electron chi connectivity index (χ3n) is 2.93. The highest BCUT2D eigenvalue weighted by Gasteiger charge is 2.22. The van der Waals surface area contributed by atoms with Crippen molar-refractivity contribution < 1.29 is 4.79 Å². The normalized spacial score (nSPS) is 12.7. The van der Waals surface area contributed by atoms with E-state index >= 15 is 0 Å². The number of thiophene rings is 1. The highest BCUT2D eigenvalue weighted by molar-refractivity contribution is 9.11. The van der Waals surface area contributed by atoms with Crippen LogP contribution in [0.2, 0.25) is 0 Å². The van der Waals surface area contributed by atoms with E-state index in [0.717, 1.165) is 16.8 Å². The quantitative estimate of drug-likeness (QED) is 0.823. The molecule has 0 radical (unpaired) electrons. The van der Waals surface area contributed by atoms with Crippen LogP contribution in [0.4, 0.5) is 0 Å². The van der Waals surface area contributed by atoms with Gasteiger partial charge in [-0.1, -0.05) is 6.92 Å². The van der Waals surface area contributed by atoms with Crippen LogP contribution < -0.4 is 5.73 Å². The molecule has 1 heterocycles. The molecule has 6 heteroatoms. The van der Waals surface area contributed by atoms with Crippen molar-refractivity contribution in [3.05, 3.63) is 20.8 Å². The second-order valence-electron chi connectivity index (χ2n) is 4.65. The van der Waals surface area contributed by atoms with Crippen LogP contribution in [0.25, 0.3) is 0 Å². The maximum atomic E-state index is 11.9. The summed E-state index contributed by atoms with van der Waals surface area (Å²) in [5.74, 6) is 0.113. The van der Waals surface area contributed by atoms with Crippen LogP contribution in [0.3, 0.4) is 0 Å². The molecule has 0 aromatic carbocycles. The number of carbonyl (C=O) groups is 1. The van der Waals surface area contributed by atoms with Crippen molar-refractivity contribution in [3.8, 4) is 0 Å². The van der Waals surface area contributed by atoms with Crippen molar-refractivity contribution in [2.75, 3.05) is 33.7 Å². The monoisotopic (exact) mass is 347 g/mol. The van der Waals surface area contributed by atoms with E-state index in [1.54, 1.807) is 30.3 Å². The molecule has 0 saturated heterocycles. The number of nitrogens with zero attached hydrogens (tertiary/aromatic N) is 2. The first kappa shape index (κ1) is 16.6. The zero-order chi connectivity index (χ0) is 14.4. The molecular formula is C13H22BrN3OS. The molecule has 0 spiro atoms. The van der Waals surface area contributed by atoms with Crippen LogP contribution in [0.5, 0.6) is 0 Å². The van der Waals surface area contributed by atoms with Gasteiger partial charge < -0.3 is 10.6 Å². The number of hydrogen-bond acceptors (Lipinski definition) is 4. The van der Waals surface area contributed by atoms with E-state index in [1.807, 2.05) is 6.07 Å². The van der Waals surface area contributed by atoms with Crippen LogP contribution in [-0.2, 0) is 4.79 Å². The van der Waals surface area contributed by atoms with E-state index in [0.29, 0.717) is 13.1 Å². The van der Waals surface area contributed by atoms with Gasteiger partial charge in [0.1, 0.15) is 0 Å². The molecule has 0 aliphatic rings. The van der Waals surface area contributed by atoms with Gasteiger partial charge in [-0.3, -0.25) is 9.69 Å². The number of carbonyl (C=O) groups excluding carboxylic acids is 1. The van der Waals surface area contributed by atoms with Gasteiger partial charge in [-0.25, -0.2) is 0 Å². The first-order valence-electron chi connectivity index (χ1n) is 6.39. The lowest BCUT2D eigenvalue weighted by Gasteiger charge is -2.30. The Hall–Kier alpha value is -0.430. The number of likely N-dealkylation sites (N-methyl/N-ethyl adjacent to an activating group) is 1. The van der Waals surface area contributed by atoms with E-state index in [-0.39, 0.29) is 11.9 Å². The summed E-state index contributed by atoms with van der Waals surface area (Å²) in [4.78, 5) is 16.9. The Kier molecular flexibility index (Phi) is 6.99. The second-order valence-corrected chi connectivity index (χ2v) is 7.15. The molecule has 0 saturated carbocycles. The van der Waals surface area contributed by atoms with Gasteiger partial charge >= 0.3 is 0 Å². The highest BCUT2D eigenvalue weighted by Crippen LogP contribution is 2.30. The predicted molar refractivity (Wildman–Crippen MR) is 84.4 cm³/mol. The fourth-order valence-corrected chi connectivity index (χ4v) is 3.47. The topological polar surface area (TPSA) is 49.6 Å². The summed E-state index contributed by atoms with van der Waals surface area (Å²) in [5.41, 5.74) is 5.92. The molecule has 4 nitrogen and oxygen atoms in total. The third kappa shape index (κ3) is 4.87. The Balaban J connectivity index is 2.85. The largest absolute Gasteiger partial charge is 0.348 e. The van der Waals surface area contributed by atoms with Crippen molar-refractivity contribution in [1.29, 1.82) is 0 Å². The van der Waals surface area contributed by atoms with Crippen LogP contribution in [-0.4, -0.2) is 49.4 Å². The van der Waals surface area contributed by atoms with Crippen LogP contribution in [0, 0.1) is 0 Å². The van der Waals surface area contributed by atoms with Crippen LogP contribution >= 0.6 is 27.3 Å². The third-order valence-corrected chi connectivity index (χ3v) is 4.66. The van der Waals surface area contributed by atoms with Crippen molar-refractivity contribution in [1.82, 2.24) is 9.80 Å². The number of halogens is 1. The molecule has 0 aliphatic carbocycles. The maximum absolute atomic E-state index is 11.9. The summed E-state index contributed by atoms with van der Waals surface area (Å²) in [7, 11) is 3.57. The number of rotatable bonds is 7. The Labute approximate surface area is 127 Å². The molecule has 0 aliphatic heterocycles. The molecule has 1 atom stereocenters. The summed E-state index contributed by atoms with van der Waals surface area (Å²) in [6.07, 6.45) is 1.00. The molecule has 19 heavy (non-hydrogen) atoms. The number of hydrogen-bond donors (Lipinski definition) is 1. The average molecular weight is 348 g/mol. The summed E-state index contributed by atoms with van der Waals surface area (Å²) >= 11 is 5.16. The van der Waals surface area contributed by atoms with Gasteiger partial charge in [0, 0.05) is 25.5 Å². The predicted octanol–water partition coefficient (Wildman–Crippen LogP) is 2.31. The van der Waals surface area contributed by atoms with Gasteiger partial charge in [0.15, 0.2) is 0 Å². The number of amides is 1. The lowest BCUT2D eigenvalue weighted by molar-refractivity contribution is -0.130. The van der Waals surface area contributed by atoms with Crippen molar-refractivity contribution in [3.63, 3.8) is 0 Å².